The van der Waals surface area contributed by atoms with Crippen LogP contribution in [0.1, 0.15) is 35.3 Å². The minimum absolute atomic E-state index is 0.106. The third-order valence-corrected chi connectivity index (χ3v) is 2.15. The lowest BCUT2D eigenvalue weighted by Gasteiger charge is -2.11. The molecule has 0 heterocycles. The summed E-state index contributed by atoms with van der Waals surface area (Å²) in [6.07, 6.45) is 0.715. The summed E-state index contributed by atoms with van der Waals surface area (Å²) in [5.74, 6) is -0.921. The quantitative estimate of drug-likeness (QED) is 0.741. The van der Waals surface area contributed by atoms with Gasteiger partial charge in [0.05, 0.1) is 5.56 Å². The molecular formula is C12H15NO2. The normalized spacial score (nSPS) is 12.1. The van der Waals surface area contributed by atoms with Gasteiger partial charge in [0.15, 0.2) is 0 Å². The summed E-state index contributed by atoms with van der Waals surface area (Å²) in [5, 5.41) is 8.71. The highest BCUT2D eigenvalue weighted by Crippen LogP contribution is 2.18. The summed E-state index contributed by atoms with van der Waals surface area (Å²) < 4.78 is 0. The van der Waals surface area contributed by atoms with E-state index < -0.39 is 5.97 Å². The van der Waals surface area contributed by atoms with Crippen molar-refractivity contribution in [2.45, 2.75) is 19.4 Å². The van der Waals surface area contributed by atoms with E-state index in [1.165, 1.54) is 0 Å². The number of rotatable bonds is 4. The molecule has 0 aliphatic carbocycles. The molecule has 0 aliphatic heterocycles. The van der Waals surface area contributed by atoms with Gasteiger partial charge < -0.3 is 10.8 Å². The van der Waals surface area contributed by atoms with Crippen molar-refractivity contribution in [2.75, 3.05) is 0 Å². The van der Waals surface area contributed by atoms with Crippen LogP contribution < -0.4 is 5.73 Å². The molecule has 0 aliphatic rings. The number of nitrogens with two attached hydrogens (primary N) is 1. The topological polar surface area (TPSA) is 63.3 Å². The lowest BCUT2D eigenvalue weighted by molar-refractivity contribution is 0.0697. The Kier molecular flexibility index (Phi) is 3.63. The van der Waals surface area contributed by atoms with Crippen LogP contribution in [0.4, 0.5) is 0 Å². The number of carbonyl (C=O) groups is 1. The molecule has 1 aromatic rings. The predicted octanol–water partition coefficient (Wildman–Crippen LogP) is 2.35. The summed E-state index contributed by atoms with van der Waals surface area (Å²) in [7, 11) is 0. The smallest absolute Gasteiger partial charge is 0.335 e. The van der Waals surface area contributed by atoms with Crippen molar-refractivity contribution >= 4 is 5.97 Å². The van der Waals surface area contributed by atoms with Gasteiger partial charge in [0.2, 0.25) is 0 Å². The molecule has 1 rings (SSSR count). The number of hydrogen-bond donors (Lipinski definition) is 2. The molecule has 15 heavy (non-hydrogen) atoms. The van der Waals surface area contributed by atoms with Crippen LogP contribution >= 0.6 is 0 Å². The molecule has 3 heteroatoms. The Hall–Kier alpha value is -1.61. The van der Waals surface area contributed by atoms with E-state index in [1.54, 1.807) is 24.3 Å². The van der Waals surface area contributed by atoms with Gasteiger partial charge in [-0.2, -0.15) is 0 Å². The highest BCUT2D eigenvalue weighted by atomic mass is 16.4. The maximum Gasteiger partial charge on any atom is 0.335 e. The first-order chi connectivity index (χ1) is 7.00. The maximum absolute atomic E-state index is 10.6. The molecule has 0 aromatic heterocycles. The molecule has 0 saturated heterocycles. The van der Waals surface area contributed by atoms with Gasteiger partial charge in [-0.25, -0.2) is 4.79 Å². The number of benzene rings is 1. The predicted molar refractivity (Wildman–Crippen MR) is 59.8 cm³/mol. The van der Waals surface area contributed by atoms with Crippen LogP contribution in [-0.2, 0) is 0 Å². The average molecular weight is 205 g/mol. The third-order valence-electron chi connectivity index (χ3n) is 2.15. The van der Waals surface area contributed by atoms with Crippen molar-refractivity contribution in [1.29, 1.82) is 0 Å². The van der Waals surface area contributed by atoms with Crippen LogP contribution in [0.15, 0.2) is 36.4 Å². The zero-order valence-electron chi connectivity index (χ0n) is 8.73. The molecule has 0 bridgehead atoms. The lowest BCUT2D eigenvalue weighted by atomic mass is 10.0. The molecule has 0 amide bonds. The Balaban J connectivity index is 2.79. The second kappa shape index (κ2) is 4.75. The molecule has 0 fully saturated rings. The average Bonchev–Trinajstić information content (AvgIpc) is 2.17. The maximum atomic E-state index is 10.6. The summed E-state index contributed by atoms with van der Waals surface area (Å²) in [6, 6.07) is 6.52. The second-order valence-corrected chi connectivity index (χ2v) is 3.69. The fourth-order valence-corrected chi connectivity index (χ4v) is 1.37. The van der Waals surface area contributed by atoms with Crippen LogP contribution in [0, 0.1) is 0 Å². The fraction of sp³-hybridized carbons (Fsp3) is 0.250. The second-order valence-electron chi connectivity index (χ2n) is 3.69. The summed E-state index contributed by atoms with van der Waals surface area (Å²) in [6.45, 7) is 5.71. The van der Waals surface area contributed by atoms with E-state index in [2.05, 4.69) is 6.58 Å². The van der Waals surface area contributed by atoms with Crippen LogP contribution in [0.2, 0.25) is 0 Å². The van der Waals surface area contributed by atoms with Crippen molar-refractivity contribution < 1.29 is 9.90 Å². The van der Waals surface area contributed by atoms with E-state index >= 15 is 0 Å². The molecule has 3 N–H and O–H groups in total. The SMILES string of the molecule is C=C(C)C[C@@H](N)c1ccc(C(=O)O)cc1. The monoisotopic (exact) mass is 205 g/mol. The Morgan fingerprint density at radius 3 is 2.40 bits per heavy atom. The van der Waals surface area contributed by atoms with E-state index in [1.807, 2.05) is 6.92 Å². The molecule has 1 aromatic carbocycles. The van der Waals surface area contributed by atoms with Gasteiger partial charge in [-0.1, -0.05) is 17.7 Å². The summed E-state index contributed by atoms with van der Waals surface area (Å²) >= 11 is 0. The van der Waals surface area contributed by atoms with Crippen LogP contribution in [-0.4, -0.2) is 11.1 Å². The van der Waals surface area contributed by atoms with Gasteiger partial charge in [-0.05, 0) is 31.0 Å². The number of hydrogen-bond acceptors (Lipinski definition) is 2. The van der Waals surface area contributed by atoms with E-state index in [9.17, 15) is 4.79 Å². The highest BCUT2D eigenvalue weighted by molar-refractivity contribution is 5.87. The van der Waals surface area contributed by atoms with Crippen molar-refractivity contribution in [2.24, 2.45) is 5.73 Å². The van der Waals surface area contributed by atoms with E-state index in [0.717, 1.165) is 11.1 Å². The zero-order chi connectivity index (χ0) is 11.4. The van der Waals surface area contributed by atoms with Crippen molar-refractivity contribution in [3.63, 3.8) is 0 Å². The summed E-state index contributed by atoms with van der Waals surface area (Å²) in [4.78, 5) is 10.6. The van der Waals surface area contributed by atoms with Gasteiger partial charge >= 0.3 is 5.97 Å². The van der Waals surface area contributed by atoms with Crippen molar-refractivity contribution in [1.82, 2.24) is 0 Å². The molecule has 3 nitrogen and oxygen atoms in total. The Morgan fingerprint density at radius 2 is 2.00 bits per heavy atom. The van der Waals surface area contributed by atoms with Crippen molar-refractivity contribution in [3.05, 3.63) is 47.5 Å². The third kappa shape index (κ3) is 3.22. The molecule has 1 atom stereocenters. The lowest BCUT2D eigenvalue weighted by Crippen LogP contribution is -2.10. The van der Waals surface area contributed by atoms with E-state index in [4.69, 9.17) is 10.8 Å². The number of aromatic carboxylic acids is 1. The molecule has 0 radical (unpaired) electrons. The van der Waals surface area contributed by atoms with Crippen LogP contribution in [0.3, 0.4) is 0 Å². The van der Waals surface area contributed by atoms with Crippen molar-refractivity contribution in [3.8, 4) is 0 Å². The van der Waals surface area contributed by atoms with Gasteiger partial charge in [-0.3, -0.25) is 0 Å². The Labute approximate surface area is 89.2 Å². The first-order valence-corrected chi connectivity index (χ1v) is 4.74. The van der Waals surface area contributed by atoms with Crippen LogP contribution in [0.5, 0.6) is 0 Å². The fourth-order valence-electron chi connectivity index (χ4n) is 1.37. The minimum atomic E-state index is -0.921. The Bertz CT molecular complexity index is 368. The standard InChI is InChI=1S/C12H15NO2/c1-8(2)7-11(13)9-3-5-10(6-4-9)12(14)15/h3-6,11H,1,7,13H2,2H3,(H,14,15)/t11-/m1/s1. The first-order valence-electron chi connectivity index (χ1n) is 4.74. The van der Waals surface area contributed by atoms with Gasteiger partial charge in [0.25, 0.3) is 0 Å². The molecule has 0 saturated carbocycles. The Morgan fingerprint density at radius 1 is 1.47 bits per heavy atom. The summed E-state index contributed by atoms with van der Waals surface area (Å²) in [5.41, 5.74) is 8.14. The minimum Gasteiger partial charge on any atom is -0.478 e. The van der Waals surface area contributed by atoms with Gasteiger partial charge in [0.1, 0.15) is 0 Å². The van der Waals surface area contributed by atoms with Gasteiger partial charge in [0, 0.05) is 6.04 Å². The van der Waals surface area contributed by atoms with Gasteiger partial charge in [-0.15, -0.1) is 6.58 Å². The largest absolute Gasteiger partial charge is 0.478 e. The van der Waals surface area contributed by atoms with Crippen LogP contribution in [0.25, 0.3) is 0 Å². The molecule has 80 valence electrons. The number of carboxylic acids is 1. The molecule has 0 unspecified atom stereocenters. The zero-order valence-corrected chi connectivity index (χ0v) is 8.73. The highest BCUT2D eigenvalue weighted by Gasteiger charge is 2.07. The molecule has 0 spiro atoms. The molecular weight excluding hydrogens is 190 g/mol. The van der Waals surface area contributed by atoms with E-state index in [-0.39, 0.29) is 11.6 Å². The number of carboxylic acid groups (broad SMARTS) is 1. The first kappa shape index (κ1) is 11.5. The van der Waals surface area contributed by atoms with E-state index in [0.29, 0.717) is 6.42 Å².